The van der Waals surface area contributed by atoms with Gasteiger partial charge in [-0.3, -0.25) is 9.78 Å². The molecule has 154 valence electrons. The molecule has 0 spiro atoms. The predicted molar refractivity (Wildman–Crippen MR) is 112 cm³/mol. The van der Waals surface area contributed by atoms with E-state index in [-0.39, 0.29) is 11.8 Å². The van der Waals surface area contributed by atoms with Crippen molar-refractivity contribution in [2.75, 3.05) is 26.1 Å². The number of carbonyl (C=O) groups excluding carboxylic acids is 1. The Bertz CT molecular complexity index is 1010. The minimum absolute atomic E-state index is 0.0877. The van der Waals surface area contributed by atoms with E-state index in [1.807, 2.05) is 36.4 Å². The average molecular weight is 405 g/mol. The monoisotopic (exact) mass is 405 g/mol. The largest absolute Gasteiger partial charge is 0.493 e. The minimum Gasteiger partial charge on any atom is -0.493 e. The van der Waals surface area contributed by atoms with Crippen LogP contribution >= 0.6 is 0 Å². The zero-order valence-electron chi connectivity index (χ0n) is 16.9. The van der Waals surface area contributed by atoms with Crippen molar-refractivity contribution in [1.82, 2.24) is 9.97 Å². The van der Waals surface area contributed by atoms with Gasteiger partial charge in [0.05, 0.1) is 31.2 Å². The van der Waals surface area contributed by atoms with E-state index in [0.717, 1.165) is 5.69 Å². The molecule has 2 aromatic heterocycles. The number of hydrogen-bond donors (Lipinski definition) is 1. The Morgan fingerprint density at radius 2 is 1.80 bits per heavy atom. The molecule has 7 heteroatoms. The lowest BCUT2D eigenvalue weighted by atomic mass is 9.99. The first-order valence-corrected chi connectivity index (χ1v) is 9.64. The van der Waals surface area contributed by atoms with Crippen LogP contribution in [0.25, 0.3) is 0 Å². The Labute approximate surface area is 175 Å². The summed E-state index contributed by atoms with van der Waals surface area (Å²) in [7, 11) is 3.17. The number of carbonyl (C=O) groups is 1. The second-order valence-electron chi connectivity index (χ2n) is 7.14. The zero-order valence-corrected chi connectivity index (χ0v) is 16.9. The quantitative estimate of drug-likeness (QED) is 0.618. The van der Waals surface area contributed by atoms with Gasteiger partial charge in [0, 0.05) is 18.5 Å². The molecule has 2 unspecified atom stereocenters. The van der Waals surface area contributed by atoms with Gasteiger partial charge in [-0.05, 0) is 42.8 Å². The average Bonchev–Trinajstić information content (AvgIpc) is 3.55. The Morgan fingerprint density at radius 1 is 1.03 bits per heavy atom. The van der Waals surface area contributed by atoms with Crippen LogP contribution in [-0.4, -0.2) is 36.7 Å². The van der Waals surface area contributed by atoms with Gasteiger partial charge in [-0.15, -0.1) is 0 Å². The third-order valence-corrected chi connectivity index (χ3v) is 5.33. The number of hydrogen-bond acceptors (Lipinski definition) is 6. The first kappa shape index (κ1) is 19.7. The van der Waals surface area contributed by atoms with E-state index in [0.29, 0.717) is 36.1 Å². The second kappa shape index (κ2) is 8.41. The lowest BCUT2D eigenvalue weighted by Crippen LogP contribution is -2.27. The number of ether oxygens (including phenoxy) is 3. The van der Waals surface area contributed by atoms with Crippen molar-refractivity contribution in [2.45, 2.75) is 11.8 Å². The lowest BCUT2D eigenvalue weighted by molar-refractivity contribution is -0.117. The first-order chi connectivity index (χ1) is 14.7. The summed E-state index contributed by atoms with van der Waals surface area (Å²) in [5.41, 5.74) is 0.347. The van der Waals surface area contributed by atoms with Crippen LogP contribution in [0.2, 0.25) is 0 Å². The molecule has 4 rings (SSSR count). The topological polar surface area (TPSA) is 82.6 Å². The normalized spacial score (nSPS) is 19.6. The van der Waals surface area contributed by atoms with Gasteiger partial charge in [0.15, 0.2) is 11.5 Å². The van der Waals surface area contributed by atoms with Crippen molar-refractivity contribution in [3.63, 3.8) is 0 Å². The van der Waals surface area contributed by atoms with Crippen molar-refractivity contribution in [3.8, 4) is 17.2 Å². The summed E-state index contributed by atoms with van der Waals surface area (Å²) in [4.78, 5) is 21.6. The number of pyridine rings is 2. The summed E-state index contributed by atoms with van der Waals surface area (Å²) in [6.07, 6.45) is 4.03. The smallest absolute Gasteiger partial charge is 0.229 e. The highest BCUT2D eigenvalue weighted by Crippen LogP contribution is 2.54. The molecule has 0 aliphatic heterocycles. The van der Waals surface area contributed by atoms with Crippen LogP contribution in [0.5, 0.6) is 17.2 Å². The highest BCUT2D eigenvalue weighted by atomic mass is 16.5. The molecule has 0 radical (unpaired) electrons. The van der Waals surface area contributed by atoms with Crippen molar-refractivity contribution in [1.29, 1.82) is 0 Å². The Hall–Kier alpha value is -3.61. The molecule has 0 bridgehead atoms. The van der Waals surface area contributed by atoms with E-state index in [1.165, 1.54) is 0 Å². The van der Waals surface area contributed by atoms with Crippen LogP contribution in [0.3, 0.4) is 0 Å². The van der Waals surface area contributed by atoms with Gasteiger partial charge in [0.25, 0.3) is 0 Å². The molecule has 2 heterocycles. The Balaban J connectivity index is 1.53. The summed E-state index contributed by atoms with van der Waals surface area (Å²) in [6.45, 7) is 0.319. The number of methoxy groups -OCH3 is 2. The summed E-state index contributed by atoms with van der Waals surface area (Å²) < 4.78 is 16.7. The summed E-state index contributed by atoms with van der Waals surface area (Å²) in [5, 5.41) is 2.89. The number of nitrogens with one attached hydrogen (secondary N) is 1. The van der Waals surface area contributed by atoms with E-state index >= 15 is 0 Å². The molecule has 1 fully saturated rings. The fourth-order valence-corrected chi connectivity index (χ4v) is 3.59. The van der Waals surface area contributed by atoms with Crippen molar-refractivity contribution in [2.24, 2.45) is 5.92 Å². The number of anilines is 1. The van der Waals surface area contributed by atoms with Crippen LogP contribution in [0.15, 0.2) is 67.0 Å². The summed E-state index contributed by atoms with van der Waals surface area (Å²) >= 11 is 0. The van der Waals surface area contributed by atoms with Gasteiger partial charge in [0.2, 0.25) is 5.91 Å². The minimum atomic E-state index is -0.493. The van der Waals surface area contributed by atoms with Gasteiger partial charge in [-0.25, -0.2) is 4.98 Å². The van der Waals surface area contributed by atoms with E-state index < -0.39 is 5.41 Å². The Kier molecular flexibility index (Phi) is 5.52. The summed E-state index contributed by atoms with van der Waals surface area (Å²) in [6, 6.07) is 16.5. The van der Waals surface area contributed by atoms with Gasteiger partial charge in [0.1, 0.15) is 18.2 Å². The number of nitrogens with zero attached hydrogens (tertiary/aromatic N) is 2. The Morgan fingerprint density at radius 3 is 2.47 bits per heavy atom. The van der Waals surface area contributed by atoms with E-state index in [2.05, 4.69) is 15.3 Å². The van der Waals surface area contributed by atoms with E-state index in [9.17, 15) is 4.79 Å². The molecule has 1 amide bonds. The molecule has 0 saturated heterocycles. The maximum Gasteiger partial charge on any atom is 0.229 e. The van der Waals surface area contributed by atoms with Crippen molar-refractivity contribution in [3.05, 3.63) is 72.7 Å². The molecular formula is C23H23N3O4. The highest BCUT2D eigenvalue weighted by Gasteiger charge is 2.61. The van der Waals surface area contributed by atoms with Gasteiger partial charge in [-0.1, -0.05) is 12.1 Å². The van der Waals surface area contributed by atoms with E-state index in [1.54, 1.807) is 44.8 Å². The predicted octanol–water partition coefficient (Wildman–Crippen LogP) is 3.47. The van der Waals surface area contributed by atoms with Crippen LogP contribution in [-0.2, 0) is 10.2 Å². The summed E-state index contributed by atoms with van der Waals surface area (Å²) in [5.74, 6) is 2.04. The zero-order chi connectivity index (χ0) is 21.0. The van der Waals surface area contributed by atoms with E-state index in [4.69, 9.17) is 14.2 Å². The van der Waals surface area contributed by atoms with Gasteiger partial charge >= 0.3 is 0 Å². The van der Waals surface area contributed by atoms with Crippen molar-refractivity contribution < 1.29 is 19.0 Å². The molecule has 2 atom stereocenters. The fraction of sp³-hybridized carbons (Fsp3) is 0.261. The molecule has 3 aromatic rings. The molecule has 1 aromatic carbocycles. The standard InChI is InChI=1S/C23H23N3O4/c1-28-18-10-9-16(13-19(18)29-2)30-15-23(20-7-3-5-11-24-20)14-17(23)22(27)26-21-8-4-6-12-25-21/h3-13,17H,14-15H2,1-2H3,(H,25,26,27). The third-order valence-electron chi connectivity index (χ3n) is 5.33. The lowest BCUT2D eigenvalue weighted by Gasteiger charge is -2.18. The maximum atomic E-state index is 12.9. The molecule has 1 saturated carbocycles. The molecule has 1 aliphatic rings. The second-order valence-corrected chi connectivity index (χ2v) is 7.14. The number of aromatic nitrogens is 2. The molecule has 1 aliphatic carbocycles. The van der Waals surface area contributed by atoms with Gasteiger partial charge in [-0.2, -0.15) is 0 Å². The van der Waals surface area contributed by atoms with Crippen LogP contribution < -0.4 is 19.5 Å². The van der Waals surface area contributed by atoms with Crippen LogP contribution in [0.4, 0.5) is 5.82 Å². The molecule has 1 N–H and O–H groups in total. The fourth-order valence-electron chi connectivity index (χ4n) is 3.59. The van der Waals surface area contributed by atoms with Crippen molar-refractivity contribution >= 4 is 11.7 Å². The SMILES string of the molecule is COc1ccc(OCC2(c3ccccn3)CC2C(=O)Nc2ccccn2)cc1OC. The third kappa shape index (κ3) is 3.91. The molecular weight excluding hydrogens is 382 g/mol. The number of rotatable bonds is 8. The van der Waals surface area contributed by atoms with Gasteiger partial charge < -0.3 is 19.5 Å². The maximum absolute atomic E-state index is 12.9. The number of benzene rings is 1. The molecule has 7 nitrogen and oxygen atoms in total. The van der Waals surface area contributed by atoms with Crippen LogP contribution in [0.1, 0.15) is 12.1 Å². The highest BCUT2D eigenvalue weighted by molar-refractivity contribution is 5.95. The first-order valence-electron chi connectivity index (χ1n) is 9.64. The molecule has 30 heavy (non-hydrogen) atoms. The number of amides is 1. The van der Waals surface area contributed by atoms with Crippen LogP contribution in [0, 0.1) is 5.92 Å².